The molecule has 0 aromatic heterocycles. The van der Waals surface area contributed by atoms with Crippen molar-refractivity contribution in [1.82, 2.24) is 5.32 Å². The van der Waals surface area contributed by atoms with Crippen LogP contribution in [0.15, 0.2) is 46.4 Å². The van der Waals surface area contributed by atoms with Crippen molar-refractivity contribution >= 4 is 63.1 Å². The smallest absolute Gasteiger partial charge is 0.343 e. The zero-order valence-corrected chi connectivity index (χ0v) is 18.1. The molecule has 1 N–H and O–H groups in total. The molecule has 4 amide bonds. The molecule has 1 saturated heterocycles. The van der Waals surface area contributed by atoms with Gasteiger partial charge >= 0.3 is 12.0 Å². The number of carbonyl (C=O) groups excluding carboxylic acids is 4. The van der Waals surface area contributed by atoms with Crippen molar-refractivity contribution in [3.63, 3.8) is 0 Å². The first-order chi connectivity index (χ1) is 14.7. The lowest BCUT2D eigenvalue weighted by atomic mass is 10.1. The lowest BCUT2D eigenvalue weighted by Crippen LogP contribution is -2.54. The van der Waals surface area contributed by atoms with Crippen molar-refractivity contribution in [2.24, 2.45) is 0 Å². The molecule has 31 heavy (non-hydrogen) atoms. The number of nitrogens with zero attached hydrogens (tertiary/aromatic N) is 1. The van der Waals surface area contributed by atoms with E-state index < -0.39 is 29.6 Å². The molecule has 1 fully saturated rings. The number of nitrogens with one attached hydrogen (secondary N) is 1. The molecule has 2 aromatic rings. The maximum Gasteiger partial charge on any atom is 0.343 e. The molecule has 8 nitrogen and oxygen atoms in total. The molecule has 0 bridgehead atoms. The van der Waals surface area contributed by atoms with E-state index in [1.807, 2.05) is 5.32 Å². The summed E-state index contributed by atoms with van der Waals surface area (Å²) in [6.07, 6.45) is 1.22. The topological polar surface area (TPSA) is 102 Å². The first-order valence-electron chi connectivity index (χ1n) is 8.57. The van der Waals surface area contributed by atoms with E-state index in [2.05, 4.69) is 20.7 Å². The lowest BCUT2D eigenvalue weighted by molar-refractivity contribution is -0.143. The number of ether oxygens (including phenoxy) is 2. The Hall–Kier alpha value is -3.24. The molecule has 1 aliphatic heterocycles. The number of barbiturate groups is 1. The van der Waals surface area contributed by atoms with Crippen molar-refractivity contribution in [3.8, 4) is 5.75 Å². The SMILES string of the molecule is COC(=O)COc1c(Cl)cc(/C=C2\C(=O)NC(=O)N(c3cccc(F)c3)C2=O)cc1Br. The van der Waals surface area contributed by atoms with Gasteiger partial charge in [-0.1, -0.05) is 17.7 Å². The highest BCUT2D eigenvalue weighted by molar-refractivity contribution is 9.10. The van der Waals surface area contributed by atoms with Gasteiger partial charge in [-0.3, -0.25) is 14.9 Å². The summed E-state index contributed by atoms with van der Waals surface area (Å²) in [4.78, 5) is 49.2. The Morgan fingerprint density at radius 2 is 2.00 bits per heavy atom. The van der Waals surface area contributed by atoms with Gasteiger partial charge in [0.15, 0.2) is 12.4 Å². The van der Waals surface area contributed by atoms with E-state index in [9.17, 15) is 23.6 Å². The van der Waals surface area contributed by atoms with Gasteiger partial charge in [0, 0.05) is 0 Å². The molecule has 2 aromatic carbocycles. The lowest BCUT2D eigenvalue weighted by Gasteiger charge is -2.26. The van der Waals surface area contributed by atoms with E-state index in [-0.39, 0.29) is 28.6 Å². The molecule has 160 valence electrons. The van der Waals surface area contributed by atoms with Crippen LogP contribution in [0.2, 0.25) is 5.02 Å². The molecule has 0 radical (unpaired) electrons. The molecule has 1 heterocycles. The summed E-state index contributed by atoms with van der Waals surface area (Å²) in [6, 6.07) is 6.73. The highest BCUT2D eigenvalue weighted by atomic mass is 79.9. The number of hydrogen-bond acceptors (Lipinski definition) is 6. The highest BCUT2D eigenvalue weighted by Gasteiger charge is 2.37. The Kier molecular flexibility index (Phi) is 6.71. The van der Waals surface area contributed by atoms with E-state index in [0.717, 1.165) is 12.1 Å². The van der Waals surface area contributed by atoms with Crippen LogP contribution in [0.25, 0.3) is 6.08 Å². The largest absolute Gasteiger partial charge is 0.479 e. The fourth-order valence-corrected chi connectivity index (χ4v) is 3.65. The third kappa shape index (κ3) is 4.92. The van der Waals surface area contributed by atoms with Crippen LogP contribution < -0.4 is 15.0 Å². The van der Waals surface area contributed by atoms with Gasteiger partial charge in [0.05, 0.1) is 22.3 Å². The average Bonchev–Trinajstić information content (AvgIpc) is 2.70. The summed E-state index contributed by atoms with van der Waals surface area (Å²) in [5.74, 6) is -2.96. The summed E-state index contributed by atoms with van der Waals surface area (Å²) < 4.78 is 23.7. The first kappa shape index (κ1) is 22.4. The maximum atomic E-state index is 13.5. The molecular formula is C20H13BrClFN2O6. The predicted octanol–water partition coefficient (Wildman–Crippen LogP) is 3.46. The maximum absolute atomic E-state index is 13.5. The van der Waals surface area contributed by atoms with E-state index >= 15 is 0 Å². The minimum absolute atomic E-state index is 0.0355. The van der Waals surface area contributed by atoms with Crippen LogP contribution in [-0.2, 0) is 19.1 Å². The van der Waals surface area contributed by atoms with Crippen LogP contribution in [-0.4, -0.2) is 37.5 Å². The number of amides is 4. The van der Waals surface area contributed by atoms with Crippen LogP contribution in [0.3, 0.4) is 0 Å². The standard InChI is InChI=1S/C20H13BrClFN2O6/c1-30-16(26)9-31-17-14(21)6-10(7-15(17)22)5-13-18(27)24-20(29)25(19(13)28)12-4-2-3-11(23)8-12/h2-8H,9H2,1H3,(H,24,27,29)/b13-5+. The van der Waals surface area contributed by atoms with E-state index in [1.165, 1.54) is 37.5 Å². The summed E-state index contributed by atoms with van der Waals surface area (Å²) in [5.41, 5.74) is -0.0731. The van der Waals surface area contributed by atoms with Crippen molar-refractivity contribution in [3.05, 3.63) is 62.8 Å². The zero-order chi connectivity index (χ0) is 22.7. The molecule has 3 rings (SSSR count). The monoisotopic (exact) mass is 510 g/mol. The molecule has 0 unspecified atom stereocenters. The van der Waals surface area contributed by atoms with E-state index in [0.29, 0.717) is 14.9 Å². The second-order valence-electron chi connectivity index (χ2n) is 6.12. The van der Waals surface area contributed by atoms with Gasteiger partial charge in [0.25, 0.3) is 11.8 Å². The molecule has 0 spiro atoms. The Bertz CT molecular complexity index is 1110. The van der Waals surface area contributed by atoms with E-state index in [4.69, 9.17) is 16.3 Å². The summed E-state index contributed by atoms with van der Waals surface area (Å²) in [7, 11) is 1.21. The van der Waals surface area contributed by atoms with Crippen molar-refractivity contribution in [2.75, 3.05) is 18.6 Å². The number of rotatable bonds is 5. The molecule has 11 heteroatoms. The fourth-order valence-electron chi connectivity index (χ4n) is 2.66. The van der Waals surface area contributed by atoms with Gasteiger partial charge in [-0.05, 0) is 57.9 Å². The second kappa shape index (κ2) is 9.27. The summed E-state index contributed by atoms with van der Waals surface area (Å²) >= 11 is 9.44. The molecule has 0 atom stereocenters. The quantitative estimate of drug-likeness (QED) is 0.375. The van der Waals surface area contributed by atoms with Crippen LogP contribution in [0.5, 0.6) is 5.75 Å². The normalized spacial score (nSPS) is 15.2. The van der Waals surface area contributed by atoms with Gasteiger partial charge < -0.3 is 9.47 Å². The van der Waals surface area contributed by atoms with E-state index in [1.54, 1.807) is 0 Å². The molecule has 0 aliphatic carbocycles. The minimum Gasteiger partial charge on any atom is -0.479 e. The summed E-state index contributed by atoms with van der Waals surface area (Å²) in [5, 5.41) is 2.13. The van der Waals surface area contributed by atoms with Crippen LogP contribution in [0.1, 0.15) is 5.56 Å². The number of carbonyl (C=O) groups is 4. The van der Waals surface area contributed by atoms with Crippen LogP contribution >= 0.6 is 27.5 Å². The highest BCUT2D eigenvalue weighted by Crippen LogP contribution is 2.35. The molecule has 0 saturated carbocycles. The second-order valence-corrected chi connectivity index (χ2v) is 7.38. The van der Waals surface area contributed by atoms with Crippen LogP contribution in [0, 0.1) is 5.82 Å². The Balaban J connectivity index is 1.94. The third-order valence-electron chi connectivity index (χ3n) is 4.06. The minimum atomic E-state index is -0.997. The predicted molar refractivity (Wildman–Crippen MR) is 112 cm³/mol. The Labute approximate surface area is 188 Å². The number of anilines is 1. The number of esters is 1. The number of imide groups is 2. The number of urea groups is 1. The summed E-state index contributed by atoms with van der Waals surface area (Å²) in [6.45, 7) is -0.374. The Morgan fingerprint density at radius 1 is 1.26 bits per heavy atom. The molecule has 1 aliphatic rings. The van der Waals surface area contributed by atoms with Gasteiger partial charge in [0.1, 0.15) is 11.4 Å². The number of benzene rings is 2. The Morgan fingerprint density at radius 3 is 2.65 bits per heavy atom. The van der Waals surface area contributed by atoms with Gasteiger partial charge in [-0.2, -0.15) is 0 Å². The van der Waals surface area contributed by atoms with Crippen molar-refractivity contribution in [1.29, 1.82) is 0 Å². The average molecular weight is 512 g/mol. The first-order valence-corrected chi connectivity index (χ1v) is 9.74. The number of hydrogen-bond donors (Lipinski definition) is 1. The van der Waals surface area contributed by atoms with Crippen LogP contribution in [0.4, 0.5) is 14.9 Å². The zero-order valence-electron chi connectivity index (χ0n) is 15.8. The van der Waals surface area contributed by atoms with Crippen molar-refractivity contribution in [2.45, 2.75) is 0 Å². The van der Waals surface area contributed by atoms with Crippen molar-refractivity contribution < 1.29 is 33.0 Å². The van der Waals surface area contributed by atoms with Gasteiger partial charge in [0.2, 0.25) is 0 Å². The third-order valence-corrected chi connectivity index (χ3v) is 4.93. The molecular weight excluding hydrogens is 499 g/mol. The van der Waals surface area contributed by atoms with Gasteiger partial charge in [-0.15, -0.1) is 0 Å². The number of methoxy groups -OCH3 is 1. The fraction of sp³-hybridized carbons (Fsp3) is 0.100. The van der Waals surface area contributed by atoms with Gasteiger partial charge in [-0.25, -0.2) is 18.9 Å². The number of halogens is 3.